The zero-order valence-electron chi connectivity index (χ0n) is 8.77. The van der Waals surface area contributed by atoms with Crippen molar-refractivity contribution in [2.75, 3.05) is 11.9 Å². The summed E-state index contributed by atoms with van der Waals surface area (Å²) in [4.78, 5) is 21.8. The molecule has 0 aromatic heterocycles. The molecule has 0 spiro atoms. The number of hydrogen-bond acceptors (Lipinski definition) is 3. The number of ether oxygens (including phenoxy) is 1. The van der Waals surface area contributed by atoms with Gasteiger partial charge in [0.1, 0.15) is 12.4 Å². The molecule has 0 unspecified atom stereocenters. The molecule has 1 amide bonds. The summed E-state index contributed by atoms with van der Waals surface area (Å²) in [6.45, 7) is 3.36. The van der Waals surface area contributed by atoms with Gasteiger partial charge in [-0.05, 0) is 18.2 Å². The number of amides is 1. The summed E-state index contributed by atoms with van der Waals surface area (Å²) in [6.07, 6.45) is 0.556. The van der Waals surface area contributed by atoms with E-state index in [4.69, 9.17) is 5.11 Å². The fourth-order valence-corrected chi connectivity index (χ4v) is 1.07. The molecule has 5 nitrogen and oxygen atoms in total. The first-order chi connectivity index (χ1) is 8.02. The van der Waals surface area contributed by atoms with E-state index in [1.807, 2.05) is 0 Å². The van der Waals surface area contributed by atoms with E-state index in [0.29, 0.717) is 0 Å². The van der Waals surface area contributed by atoms with Crippen molar-refractivity contribution >= 4 is 17.7 Å². The van der Waals surface area contributed by atoms with Gasteiger partial charge in [-0.3, -0.25) is 5.32 Å². The molecule has 0 heterocycles. The topological polar surface area (TPSA) is 75.6 Å². The van der Waals surface area contributed by atoms with E-state index in [1.165, 1.54) is 6.08 Å². The molecule has 1 aromatic rings. The van der Waals surface area contributed by atoms with Gasteiger partial charge < -0.3 is 9.84 Å². The summed E-state index contributed by atoms with van der Waals surface area (Å²) < 4.78 is 17.6. The van der Waals surface area contributed by atoms with Crippen LogP contribution in [-0.4, -0.2) is 23.8 Å². The third kappa shape index (κ3) is 3.94. The number of anilines is 1. The highest BCUT2D eigenvalue weighted by atomic mass is 19.1. The summed E-state index contributed by atoms with van der Waals surface area (Å²) in [5, 5.41) is 10.9. The molecule has 0 saturated heterocycles. The lowest BCUT2D eigenvalue weighted by molar-refractivity contribution is 0.0696. The van der Waals surface area contributed by atoms with Gasteiger partial charge in [-0.1, -0.05) is 12.7 Å². The molecule has 6 heteroatoms. The molecule has 1 rings (SSSR count). The number of carboxylic acid groups (broad SMARTS) is 1. The maximum absolute atomic E-state index is 13.0. The van der Waals surface area contributed by atoms with Crippen LogP contribution in [0.1, 0.15) is 10.4 Å². The molecule has 0 aliphatic rings. The van der Waals surface area contributed by atoms with Gasteiger partial charge in [-0.15, -0.1) is 0 Å². The van der Waals surface area contributed by atoms with Crippen molar-refractivity contribution in [1.82, 2.24) is 0 Å². The molecule has 0 atom stereocenters. The Labute approximate surface area is 96.5 Å². The molecule has 2 N–H and O–H groups in total. The SMILES string of the molecule is C=CCOC(=O)Nc1cc(F)cc(C(=O)O)c1. The number of carbonyl (C=O) groups is 2. The standard InChI is InChI=1S/C11H10FNO4/c1-2-3-17-11(16)13-9-5-7(10(14)15)4-8(12)6-9/h2,4-6H,1,3H2,(H,13,16)(H,14,15). The molecule has 1 aromatic carbocycles. The highest BCUT2D eigenvalue weighted by molar-refractivity contribution is 5.91. The Morgan fingerprint density at radius 1 is 1.47 bits per heavy atom. The Bertz CT molecular complexity index is 459. The molecule has 0 aliphatic carbocycles. The molecule has 90 valence electrons. The average Bonchev–Trinajstić information content (AvgIpc) is 2.25. The highest BCUT2D eigenvalue weighted by Gasteiger charge is 2.09. The fraction of sp³-hybridized carbons (Fsp3) is 0.0909. The average molecular weight is 239 g/mol. The molecular formula is C11H10FNO4. The number of rotatable bonds is 4. The van der Waals surface area contributed by atoms with Crippen molar-refractivity contribution < 1.29 is 23.8 Å². The zero-order chi connectivity index (χ0) is 12.8. The summed E-state index contributed by atoms with van der Waals surface area (Å²) in [5.74, 6) is -2.05. The Morgan fingerprint density at radius 2 is 2.18 bits per heavy atom. The van der Waals surface area contributed by atoms with Gasteiger partial charge in [0.05, 0.1) is 5.56 Å². The quantitative estimate of drug-likeness (QED) is 0.790. The van der Waals surface area contributed by atoms with Crippen LogP contribution in [0.3, 0.4) is 0 Å². The first-order valence-corrected chi connectivity index (χ1v) is 4.61. The van der Waals surface area contributed by atoms with Crippen molar-refractivity contribution in [1.29, 1.82) is 0 Å². The maximum atomic E-state index is 13.0. The number of carboxylic acids is 1. The summed E-state index contributed by atoms with van der Waals surface area (Å²) in [5.41, 5.74) is -0.250. The van der Waals surface area contributed by atoms with Gasteiger partial charge in [0.25, 0.3) is 0 Å². The van der Waals surface area contributed by atoms with Gasteiger partial charge in [0.15, 0.2) is 0 Å². The summed E-state index contributed by atoms with van der Waals surface area (Å²) in [6, 6.07) is 2.96. The normalized spacial score (nSPS) is 9.47. The van der Waals surface area contributed by atoms with Gasteiger partial charge >= 0.3 is 12.1 Å². The molecule has 0 bridgehead atoms. The van der Waals surface area contributed by atoms with Crippen LogP contribution in [0.4, 0.5) is 14.9 Å². The van der Waals surface area contributed by atoms with Crippen LogP contribution < -0.4 is 5.32 Å². The molecule has 0 fully saturated rings. The minimum absolute atomic E-state index is 0.00688. The Hall–Kier alpha value is -2.37. The van der Waals surface area contributed by atoms with Crippen LogP contribution in [0.15, 0.2) is 30.9 Å². The third-order valence-corrected chi connectivity index (χ3v) is 1.72. The van der Waals surface area contributed by atoms with E-state index in [9.17, 15) is 14.0 Å². The smallest absolute Gasteiger partial charge is 0.411 e. The van der Waals surface area contributed by atoms with Crippen molar-refractivity contribution in [3.63, 3.8) is 0 Å². The lowest BCUT2D eigenvalue weighted by Gasteiger charge is -2.06. The van der Waals surface area contributed by atoms with Crippen LogP contribution in [0, 0.1) is 5.82 Å². The predicted molar refractivity (Wildman–Crippen MR) is 58.5 cm³/mol. The first kappa shape index (κ1) is 12.7. The number of hydrogen-bond donors (Lipinski definition) is 2. The zero-order valence-corrected chi connectivity index (χ0v) is 8.77. The highest BCUT2D eigenvalue weighted by Crippen LogP contribution is 2.14. The van der Waals surface area contributed by atoms with Crippen molar-refractivity contribution in [3.8, 4) is 0 Å². The monoisotopic (exact) mass is 239 g/mol. The third-order valence-electron chi connectivity index (χ3n) is 1.72. The molecular weight excluding hydrogens is 229 g/mol. The molecule has 0 radical (unpaired) electrons. The van der Waals surface area contributed by atoms with Crippen LogP contribution >= 0.6 is 0 Å². The minimum Gasteiger partial charge on any atom is -0.478 e. The Morgan fingerprint density at radius 3 is 2.76 bits per heavy atom. The minimum atomic E-state index is -1.29. The van der Waals surface area contributed by atoms with Crippen LogP contribution in [0.2, 0.25) is 0 Å². The largest absolute Gasteiger partial charge is 0.478 e. The second-order valence-electron chi connectivity index (χ2n) is 3.05. The number of aromatic carboxylic acids is 1. The molecule has 0 saturated carbocycles. The Balaban J connectivity index is 2.80. The van der Waals surface area contributed by atoms with E-state index >= 15 is 0 Å². The van der Waals surface area contributed by atoms with E-state index in [0.717, 1.165) is 18.2 Å². The van der Waals surface area contributed by atoms with Crippen LogP contribution in [0.25, 0.3) is 0 Å². The van der Waals surface area contributed by atoms with Gasteiger partial charge in [-0.25, -0.2) is 14.0 Å². The molecule has 17 heavy (non-hydrogen) atoms. The van der Waals surface area contributed by atoms with Crippen LogP contribution in [0.5, 0.6) is 0 Å². The van der Waals surface area contributed by atoms with E-state index in [2.05, 4.69) is 16.6 Å². The van der Waals surface area contributed by atoms with Crippen LogP contribution in [-0.2, 0) is 4.74 Å². The first-order valence-electron chi connectivity index (χ1n) is 4.61. The van der Waals surface area contributed by atoms with Crippen molar-refractivity contribution in [3.05, 3.63) is 42.2 Å². The van der Waals surface area contributed by atoms with Gasteiger partial charge in [0, 0.05) is 5.69 Å². The fourth-order valence-electron chi connectivity index (χ4n) is 1.07. The summed E-state index contributed by atoms with van der Waals surface area (Å²) >= 11 is 0. The molecule has 0 aliphatic heterocycles. The van der Waals surface area contributed by atoms with Gasteiger partial charge in [0.2, 0.25) is 0 Å². The number of nitrogens with one attached hydrogen (secondary N) is 1. The second-order valence-corrected chi connectivity index (χ2v) is 3.05. The lowest BCUT2D eigenvalue weighted by Crippen LogP contribution is -2.14. The van der Waals surface area contributed by atoms with E-state index in [1.54, 1.807) is 0 Å². The van der Waals surface area contributed by atoms with Crippen molar-refractivity contribution in [2.45, 2.75) is 0 Å². The Kier molecular flexibility index (Phi) is 4.21. The number of benzene rings is 1. The number of carbonyl (C=O) groups excluding carboxylic acids is 1. The van der Waals surface area contributed by atoms with Crippen molar-refractivity contribution in [2.24, 2.45) is 0 Å². The lowest BCUT2D eigenvalue weighted by atomic mass is 10.2. The van der Waals surface area contributed by atoms with Gasteiger partial charge in [-0.2, -0.15) is 0 Å². The summed E-state index contributed by atoms with van der Waals surface area (Å²) in [7, 11) is 0. The van der Waals surface area contributed by atoms with E-state index in [-0.39, 0.29) is 17.9 Å². The van der Waals surface area contributed by atoms with E-state index < -0.39 is 17.9 Å². The number of halogens is 1. The predicted octanol–water partition coefficient (Wildman–Crippen LogP) is 2.26. The second kappa shape index (κ2) is 5.64. The maximum Gasteiger partial charge on any atom is 0.411 e.